The van der Waals surface area contributed by atoms with Crippen LogP contribution in [0.5, 0.6) is 5.75 Å². The van der Waals surface area contributed by atoms with E-state index in [-0.39, 0.29) is 22.6 Å². The van der Waals surface area contributed by atoms with Gasteiger partial charge in [-0.25, -0.2) is 9.99 Å². The first-order valence-electron chi connectivity index (χ1n) is 15.9. The van der Waals surface area contributed by atoms with Crippen LogP contribution in [-0.2, 0) is 17.6 Å². The van der Waals surface area contributed by atoms with Crippen molar-refractivity contribution in [1.82, 2.24) is 14.6 Å². The van der Waals surface area contributed by atoms with E-state index in [9.17, 15) is 9.59 Å². The highest BCUT2D eigenvalue weighted by Crippen LogP contribution is 2.43. The minimum absolute atomic E-state index is 0.0172. The summed E-state index contributed by atoms with van der Waals surface area (Å²) in [7, 11) is 1.61. The van der Waals surface area contributed by atoms with Gasteiger partial charge in [0.1, 0.15) is 39.6 Å². The number of carbonyl (C=O) groups excluding carboxylic acids is 1. The molecule has 1 aliphatic heterocycles. The number of ether oxygens (including phenoxy) is 1. The molecule has 2 unspecified atom stereocenters. The quantitative estimate of drug-likeness (QED) is 0.128. The van der Waals surface area contributed by atoms with Crippen LogP contribution in [0.25, 0.3) is 15.9 Å². The third-order valence-electron chi connectivity index (χ3n) is 9.32. The standard InChI is InChI=1S/C36H38N4O5S2/c1-20-9-12-23(43-6)17-26(20)39-34(42)32-24-13-11-22(36(3,4)5)16-30(24)47-33(32)37-35(39)46-19-31(41)40-27(29-8-7-15-44-29)18-25(38-40)28-14-10-21(2)45-28/h7-10,12,14-15,17,22,27H,11,13,16,18-19H2,1-6H3. The minimum Gasteiger partial charge on any atom is -0.497 e. The third kappa shape index (κ3) is 5.84. The monoisotopic (exact) mass is 670 g/mol. The van der Waals surface area contributed by atoms with E-state index in [1.165, 1.54) is 21.6 Å². The summed E-state index contributed by atoms with van der Waals surface area (Å²) in [5.74, 6) is 3.02. The van der Waals surface area contributed by atoms with Crippen LogP contribution in [0.15, 0.2) is 72.6 Å². The first kappa shape index (κ1) is 31.5. The fourth-order valence-electron chi connectivity index (χ4n) is 6.59. The maximum atomic E-state index is 14.6. The smallest absolute Gasteiger partial charge is 0.267 e. The number of thiophene rings is 1. The zero-order valence-corrected chi connectivity index (χ0v) is 29.1. The zero-order chi connectivity index (χ0) is 33.0. The summed E-state index contributed by atoms with van der Waals surface area (Å²) in [4.78, 5) is 35.6. The number of amides is 1. The van der Waals surface area contributed by atoms with Crippen molar-refractivity contribution in [3.63, 3.8) is 0 Å². The van der Waals surface area contributed by atoms with Gasteiger partial charge in [-0.05, 0) is 85.9 Å². The van der Waals surface area contributed by atoms with Gasteiger partial charge in [-0.3, -0.25) is 14.2 Å². The topological polar surface area (TPSA) is 103 Å². The van der Waals surface area contributed by atoms with Crippen molar-refractivity contribution in [2.24, 2.45) is 16.4 Å². The molecule has 1 aliphatic carbocycles. The summed E-state index contributed by atoms with van der Waals surface area (Å²) in [6.45, 7) is 10.7. The Bertz CT molecular complexity index is 2060. The Kier molecular flexibility index (Phi) is 8.16. The molecule has 0 saturated heterocycles. The fraction of sp³-hybridized carbons (Fsp3) is 0.389. The van der Waals surface area contributed by atoms with Gasteiger partial charge in [0.25, 0.3) is 11.5 Å². The molecule has 5 heterocycles. The van der Waals surface area contributed by atoms with E-state index in [2.05, 4.69) is 20.8 Å². The van der Waals surface area contributed by atoms with Crippen molar-refractivity contribution in [2.45, 2.75) is 71.5 Å². The van der Waals surface area contributed by atoms with Crippen LogP contribution in [0.2, 0.25) is 0 Å². The van der Waals surface area contributed by atoms with Gasteiger partial charge in [0.05, 0.1) is 30.2 Å². The molecular weight excluding hydrogens is 633 g/mol. The van der Waals surface area contributed by atoms with Gasteiger partial charge >= 0.3 is 0 Å². The van der Waals surface area contributed by atoms with Crippen molar-refractivity contribution in [3.05, 3.63) is 92.4 Å². The lowest BCUT2D eigenvalue weighted by Gasteiger charge is -2.33. The molecule has 0 fully saturated rings. The molecule has 0 bridgehead atoms. The molecule has 0 radical (unpaired) electrons. The summed E-state index contributed by atoms with van der Waals surface area (Å²) in [5, 5.41) is 7.33. The Morgan fingerprint density at radius 1 is 1.15 bits per heavy atom. The van der Waals surface area contributed by atoms with Gasteiger partial charge in [-0.15, -0.1) is 11.3 Å². The van der Waals surface area contributed by atoms with Gasteiger partial charge in [0, 0.05) is 17.4 Å². The normalized spacial score (nSPS) is 18.1. The largest absolute Gasteiger partial charge is 0.497 e. The molecule has 7 rings (SSSR count). The Morgan fingerprint density at radius 3 is 2.68 bits per heavy atom. The molecule has 1 amide bonds. The van der Waals surface area contributed by atoms with Crippen LogP contribution >= 0.6 is 23.1 Å². The zero-order valence-electron chi connectivity index (χ0n) is 27.5. The average molecular weight is 671 g/mol. The number of benzene rings is 1. The van der Waals surface area contributed by atoms with Gasteiger partial charge in [0.15, 0.2) is 5.16 Å². The van der Waals surface area contributed by atoms with E-state index in [0.29, 0.717) is 51.6 Å². The van der Waals surface area contributed by atoms with Crippen LogP contribution in [0.1, 0.15) is 72.9 Å². The predicted molar refractivity (Wildman–Crippen MR) is 185 cm³/mol. The lowest BCUT2D eigenvalue weighted by Crippen LogP contribution is -2.29. The van der Waals surface area contributed by atoms with Crippen LogP contribution in [0.4, 0.5) is 0 Å². The number of aromatic nitrogens is 2. The Balaban J connectivity index is 1.28. The number of furan rings is 2. The van der Waals surface area contributed by atoms with Crippen LogP contribution in [0, 0.1) is 25.2 Å². The van der Waals surface area contributed by atoms with Crippen molar-refractivity contribution < 1.29 is 18.4 Å². The Morgan fingerprint density at radius 2 is 1.98 bits per heavy atom. The summed E-state index contributed by atoms with van der Waals surface area (Å²) in [6, 6.07) is 12.7. The molecule has 11 heteroatoms. The van der Waals surface area contributed by atoms with Crippen molar-refractivity contribution in [1.29, 1.82) is 0 Å². The van der Waals surface area contributed by atoms with Crippen LogP contribution in [0.3, 0.4) is 0 Å². The molecule has 0 saturated carbocycles. The molecule has 1 aromatic carbocycles. The number of aryl methyl sites for hydroxylation is 3. The molecule has 5 aromatic rings. The Labute approximate surface area is 281 Å². The van der Waals surface area contributed by atoms with Gasteiger partial charge < -0.3 is 13.6 Å². The SMILES string of the molecule is COc1ccc(C)c(-n2c(SCC(=O)N3N=C(c4ccc(C)o4)CC3c3ccco3)nc3sc4c(c3c2=O)CCC(C(C)(C)C)C4)c1. The number of methoxy groups -OCH3 is 1. The number of carbonyl (C=O) groups is 1. The lowest BCUT2D eigenvalue weighted by atomic mass is 9.72. The lowest BCUT2D eigenvalue weighted by molar-refractivity contribution is -0.130. The first-order valence-corrected chi connectivity index (χ1v) is 17.7. The number of thioether (sulfide) groups is 1. The molecule has 2 aliphatic rings. The van der Waals surface area contributed by atoms with Crippen LogP contribution < -0.4 is 10.3 Å². The second-order valence-electron chi connectivity index (χ2n) is 13.4. The van der Waals surface area contributed by atoms with E-state index in [1.807, 2.05) is 50.2 Å². The highest BCUT2D eigenvalue weighted by atomic mass is 32.2. The molecule has 244 valence electrons. The van der Waals surface area contributed by atoms with Crippen molar-refractivity contribution in [2.75, 3.05) is 12.9 Å². The highest BCUT2D eigenvalue weighted by Gasteiger charge is 2.37. The molecule has 4 aromatic heterocycles. The second-order valence-corrected chi connectivity index (χ2v) is 15.4. The van der Waals surface area contributed by atoms with Crippen LogP contribution in [-0.4, -0.2) is 39.0 Å². The number of hydrogen-bond acceptors (Lipinski definition) is 9. The van der Waals surface area contributed by atoms with Gasteiger partial charge in [0.2, 0.25) is 0 Å². The summed E-state index contributed by atoms with van der Waals surface area (Å²) >= 11 is 2.86. The van der Waals surface area contributed by atoms with Crippen molar-refractivity contribution >= 4 is 44.9 Å². The Hall–Kier alpha value is -4.09. The van der Waals surface area contributed by atoms with Gasteiger partial charge in [-0.1, -0.05) is 38.6 Å². The molecular formula is C36H38N4O5S2. The summed E-state index contributed by atoms with van der Waals surface area (Å²) < 4.78 is 18.8. The first-order chi connectivity index (χ1) is 22.5. The summed E-state index contributed by atoms with van der Waals surface area (Å²) in [5.41, 5.74) is 3.46. The number of rotatable bonds is 7. The van der Waals surface area contributed by atoms with E-state index < -0.39 is 6.04 Å². The van der Waals surface area contributed by atoms with Gasteiger partial charge in [-0.2, -0.15) is 5.10 Å². The van der Waals surface area contributed by atoms with E-state index in [0.717, 1.165) is 41.0 Å². The van der Waals surface area contributed by atoms with E-state index in [1.54, 1.807) is 35.3 Å². The number of hydrazone groups is 1. The average Bonchev–Trinajstić information content (AvgIpc) is 3.85. The summed E-state index contributed by atoms with van der Waals surface area (Å²) in [6.07, 6.45) is 4.90. The number of fused-ring (bicyclic) bond motifs is 3. The second kappa shape index (κ2) is 12.2. The number of hydrogen-bond donors (Lipinski definition) is 0. The molecule has 0 spiro atoms. The maximum absolute atomic E-state index is 14.6. The molecule has 0 N–H and O–H groups in total. The number of nitrogens with zero attached hydrogens (tertiary/aromatic N) is 4. The van der Waals surface area contributed by atoms with E-state index in [4.69, 9.17) is 23.7 Å². The highest BCUT2D eigenvalue weighted by molar-refractivity contribution is 7.99. The maximum Gasteiger partial charge on any atom is 0.267 e. The van der Waals surface area contributed by atoms with E-state index >= 15 is 0 Å². The van der Waals surface area contributed by atoms with Crippen molar-refractivity contribution in [3.8, 4) is 11.4 Å². The molecule has 9 nitrogen and oxygen atoms in total. The molecule has 47 heavy (non-hydrogen) atoms. The fourth-order valence-corrected chi connectivity index (χ4v) is 8.78. The minimum atomic E-state index is -0.406. The predicted octanol–water partition coefficient (Wildman–Crippen LogP) is 7.88. The molecule has 2 atom stereocenters. The third-order valence-corrected chi connectivity index (χ3v) is 11.4.